The lowest BCUT2D eigenvalue weighted by Gasteiger charge is -2.14. The van der Waals surface area contributed by atoms with Gasteiger partial charge in [0, 0.05) is 10.6 Å². The van der Waals surface area contributed by atoms with Crippen LogP contribution in [-0.2, 0) is 17.6 Å². The van der Waals surface area contributed by atoms with Crippen molar-refractivity contribution in [1.29, 1.82) is 0 Å². The summed E-state index contributed by atoms with van der Waals surface area (Å²) in [6.45, 7) is 0. The highest BCUT2D eigenvalue weighted by Crippen LogP contribution is 2.24. The molecule has 110 valence electrons. The van der Waals surface area contributed by atoms with Crippen LogP contribution in [0, 0.1) is 17.6 Å². The molecule has 0 radical (unpaired) electrons. The van der Waals surface area contributed by atoms with Gasteiger partial charge >= 0.3 is 5.97 Å². The number of carbonyl (C=O) groups is 1. The van der Waals surface area contributed by atoms with Crippen molar-refractivity contribution in [3.63, 3.8) is 0 Å². The van der Waals surface area contributed by atoms with Gasteiger partial charge in [-0.2, -0.15) is 0 Å². The normalized spacial score (nSPS) is 12.1. The Bertz CT molecular complexity index is 638. The van der Waals surface area contributed by atoms with Crippen molar-refractivity contribution in [3.8, 4) is 0 Å². The van der Waals surface area contributed by atoms with Gasteiger partial charge < -0.3 is 5.11 Å². The van der Waals surface area contributed by atoms with Gasteiger partial charge in [-0.15, -0.1) is 0 Å². The Kier molecular flexibility index (Phi) is 4.91. The van der Waals surface area contributed by atoms with Gasteiger partial charge in [0.25, 0.3) is 0 Å². The predicted octanol–water partition coefficient (Wildman–Crippen LogP) is 4.10. The van der Waals surface area contributed by atoms with Gasteiger partial charge in [-0.05, 0) is 42.7 Å². The molecule has 0 spiro atoms. The molecule has 2 aromatic rings. The lowest BCUT2D eigenvalue weighted by atomic mass is 9.92. The van der Waals surface area contributed by atoms with Crippen LogP contribution in [0.1, 0.15) is 11.1 Å². The van der Waals surface area contributed by atoms with Gasteiger partial charge in [-0.1, -0.05) is 29.8 Å². The molecule has 2 nitrogen and oxygen atoms in total. The summed E-state index contributed by atoms with van der Waals surface area (Å²) in [5.74, 6) is -2.91. The summed E-state index contributed by atoms with van der Waals surface area (Å²) < 4.78 is 26.9. The van der Waals surface area contributed by atoms with Gasteiger partial charge in [0.15, 0.2) is 0 Å². The molecule has 1 atom stereocenters. The summed E-state index contributed by atoms with van der Waals surface area (Å²) in [6.07, 6.45) is 0.0646. The molecule has 0 saturated carbocycles. The monoisotopic (exact) mass is 310 g/mol. The maximum absolute atomic E-state index is 13.7. The molecule has 0 heterocycles. The molecule has 0 aliphatic heterocycles. The Morgan fingerprint density at radius 1 is 1.14 bits per heavy atom. The SMILES string of the molecule is O=C(O)C(Cc1cccc(F)c1)Cc1c(F)cccc1Cl. The van der Waals surface area contributed by atoms with Crippen LogP contribution in [-0.4, -0.2) is 11.1 Å². The quantitative estimate of drug-likeness (QED) is 0.902. The van der Waals surface area contributed by atoms with E-state index < -0.39 is 23.5 Å². The number of rotatable bonds is 5. The molecule has 0 saturated heterocycles. The van der Waals surface area contributed by atoms with Crippen LogP contribution >= 0.6 is 11.6 Å². The zero-order chi connectivity index (χ0) is 15.4. The number of halogens is 3. The molecule has 1 unspecified atom stereocenters. The van der Waals surface area contributed by atoms with E-state index in [4.69, 9.17) is 11.6 Å². The first kappa shape index (κ1) is 15.4. The van der Waals surface area contributed by atoms with Crippen LogP contribution in [0.3, 0.4) is 0 Å². The van der Waals surface area contributed by atoms with Crippen LogP contribution in [0.2, 0.25) is 5.02 Å². The van der Waals surface area contributed by atoms with E-state index in [2.05, 4.69) is 0 Å². The third-order valence-corrected chi connectivity index (χ3v) is 3.59. The van der Waals surface area contributed by atoms with Gasteiger partial charge in [-0.3, -0.25) is 4.79 Å². The second-order valence-electron chi connectivity index (χ2n) is 4.77. The third-order valence-electron chi connectivity index (χ3n) is 3.23. The topological polar surface area (TPSA) is 37.3 Å². The first-order valence-corrected chi connectivity index (χ1v) is 6.75. The van der Waals surface area contributed by atoms with E-state index in [1.165, 1.54) is 36.4 Å². The summed E-state index contributed by atoms with van der Waals surface area (Å²) in [5, 5.41) is 9.48. The first-order valence-electron chi connectivity index (χ1n) is 6.37. The molecule has 21 heavy (non-hydrogen) atoms. The zero-order valence-corrected chi connectivity index (χ0v) is 11.8. The van der Waals surface area contributed by atoms with Gasteiger partial charge in [0.1, 0.15) is 11.6 Å². The summed E-state index contributed by atoms with van der Waals surface area (Å²) in [6, 6.07) is 9.93. The summed E-state index contributed by atoms with van der Waals surface area (Å²) >= 11 is 5.91. The molecule has 0 fully saturated rings. The van der Waals surface area contributed by atoms with Gasteiger partial charge in [-0.25, -0.2) is 8.78 Å². The fourth-order valence-corrected chi connectivity index (χ4v) is 2.41. The maximum Gasteiger partial charge on any atom is 0.307 e. The number of hydrogen-bond acceptors (Lipinski definition) is 1. The molecular formula is C16H13ClF2O2. The fraction of sp³-hybridized carbons (Fsp3) is 0.188. The lowest BCUT2D eigenvalue weighted by molar-refractivity contribution is -0.141. The first-order chi connectivity index (χ1) is 9.97. The average molecular weight is 311 g/mol. The minimum Gasteiger partial charge on any atom is -0.481 e. The molecule has 0 aromatic heterocycles. The Balaban J connectivity index is 2.22. The van der Waals surface area contributed by atoms with Crippen molar-refractivity contribution in [1.82, 2.24) is 0 Å². The smallest absolute Gasteiger partial charge is 0.307 e. The van der Waals surface area contributed by atoms with Crippen molar-refractivity contribution >= 4 is 17.6 Å². The number of aliphatic carboxylic acids is 1. The van der Waals surface area contributed by atoms with E-state index in [0.29, 0.717) is 5.56 Å². The van der Waals surface area contributed by atoms with E-state index in [1.54, 1.807) is 6.07 Å². The highest BCUT2D eigenvalue weighted by atomic mass is 35.5. The number of carboxylic acid groups (broad SMARTS) is 1. The van der Waals surface area contributed by atoms with Crippen molar-refractivity contribution in [2.75, 3.05) is 0 Å². The third kappa shape index (κ3) is 4.02. The van der Waals surface area contributed by atoms with E-state index in [-0.39, 0.29) is 23.4 Å². The Morgan fingerprint density at radius 2 is 1.86 bits per heavy atom. The molecule has 2 aromatic carbocycles. The fourth-order valence-electron chi connectivity index (χ4n) is 2.17. The largest absolute Gasteiger partial charge is 0.481 e. The maximum atomic E-state index is 13.7. The second kappa shape index (κ2) is 6.68. The standard InChI is InChI=1S/C16H13ClF2O2/c17-14-5-2-6-15(19)13(14)9-11(16(20)21)7-10-3-1-4-12(18)8-10/h1-6,8,11H,7,9H2,(H,20,21). The number of hydrogen-bond donors (Lipinski definition) is 1. The molecule has 5 heteroatoms. The van der Waals surface area contributed by atoms with E-state index in [1.807, 2.05) is 0 Å². The van der Waals surface area contributed by atoms with E-state index in [0.717, 1.165) is 0 Å². The molecule has 0 amide bonds. The number of carboxylic acids is 1. The minimum atomic E-state index is -1.07. The Labute approximate surface area is 126 Å². The van der Waals surface area contributed by atoms with Crippen molar-refractivity contribution in [3.05, 3.63) is 70.2 Å². The van der Waals surface area contributed by atoms with Gasteiger partial charge in [0.05, 0.1) is 5.92 Å². The average Bonchev–Trinajstić information content (AvgIpc) is 2.41. The molecule has 0 aliphatic rings. The highest BCUT2D eigenvalue weighted by molar-refractivity contribution is 6.31. The Hall–Kier alpha value is -1.94. The van der Waals surface area contributed by atoms with Crippen molar-refractivity contribution < 1.29 is 18.7 Å². The highest BCUT2D eigenvalue weighted by Gasteiger charge is 2.22. The second-order valence-corrected chi connectivity index (χ2v) is 5.18. The molecule has 0 bridgehead atoms. The number of benzene rings is 2. The van der Waals surface area contributed by atoms with Crippen LogP contribution in [0.25, 0.3) is 0 Å². The van der Waals surface area contributed by atoms with Gasteiger partial charge in [0.2, 0.25) is 0 Å². The summed E-state index contributed by atoms with van der Waals surface area (Å²) in [4.78, 5) is 11.4. The zero-order valence-electron chi connectivity index (χ0n) is 11.0. The van der Waals surface area contributed by atoms with Crippen LogP contribution in [0.15, 0.2) is 42.5 Å². The van der Waals surface area contributed by atoms with Crippen LogP contribution in [0.4, 0.5) is 8.78 Å². The lowest BCUT2D eigenvalue weighted by Crippen LogP contribution is -2.20. The Morgan fingerprint density at radius 3 is 2.48 bits per heavy atom. The van der Waals surface area contributed by atoms with Crippen LogP contribution in [0.5, 0.6) is 0 Å². The van der Waals surface area contributed by atoms with E-state index >= 15 is 0 Å². The minimum absolute atomic E-state index is 0.0443. The predicted molar refractivity (Wildman–Crippen MR) is 76.3 cm³/mol. The van der Waals surface area contributed by atoms with Crippen LogP contribution < -0.4 is 0 Å². The van der Waals surface area contributed by atoms with Crippen molar-refractivity contribution in [2.45, 2.75) is 12.8 Å². The van der Waals surface area contributed by atoms with Crippen molar-refractivity contribution in [2.24, 2.45) is 5.92 Å². The summed E-state index contributed by atoms with van der Waals surface area (Å²) in [5.41, 5.74) is 0.720. The summed E-state index contributed by atoms with van der Waals surface area (Å²) in [7, 11) is 0. The molecular weight excluding hydrogens is 298 g/mol. The molecule has 0 aliphatic carbocycles. The molecule has 2 rings (SSSR count). The van der Waals surface area contributed by atoms with E-state index in [9.17, 15) is 18.7 Å². The molecule has 1 N–H and O–H groups in total.